The van der Waals surface area contributed by atoms with Crippen molar-refractivity contribution in [1.29, 1.82) is 0 Å². The third kappa shape index (κ3) is 4.12. The first-order chi connectivity index (χ1) is 12.8. The zero-order chi connectivity index (χ0) is 18.2. The molecule has 0 N–H and O–H groups in total. The minimum absolute atomic E-state index is 0.519. The average Bonchev–Trinajstić information content (AvgIpc) is 2.72. The fourth-order valence-electron chi connectivity index (χ4n) is 3.16. The molecule has 0 aliphatic carbocycles. The Balaban J connectivity index is 2.13. The summed E-state index contributed by atoms with van der Waals surface area (Å²) in [6, 6.07) is 29.5. The van der Waals surface area contributed by atoms with Crippen LogP contribution in [0.1, 0.15) is 30.0 Å². The highest BCUT2D eigenvalue weighted by Crippen LogP contribution is 2.34. The van der Waals surface area contributed by atoms with Gasteiger partial charge in [-0.25, -0.2) is 0 Å². The Morgan fingerprint density at radius 1 is 0.769 bits per heavy atom. The molecule has 0 heterocycles. The molecule has 3 aromatic carbocycles. The van der Waals surface area contributed by atoms with Crippen LogP contribution in [0.15, 0.2) is 97.6 Å². The van der Waals surface area contributed by atoms with Gasteiger partial charge in [0.15, 0.2) is 0 Å². The summed E-state index contributed by atoms with van der Waals surface area (Å²) in [6.07, 6.45) is 2.72. The number of rotatable bonds is 7. The molecule has 0 atom stereocenters. The van der Waals surface area contributed by atoms with Gasteiger partial charge in [-0.2, -0.15) is 0 Å². The maximum Gasteiger partial charge on any atom is 0.119 e. The molecule has 130 valence electrons. The Bertz CT molecular complexity index is 859. The van der Waals surface area contributed by atoms with Crippen LogP contribution in [0.25, 0.3) is 11.1 Å². The smallest absolute Gasteiger partial charge is 0.119 e. The second kappa shape index (κ2) is 8.87. The van der Waals surface area contributed by atoms with Crippen molar-refractivity contribution < 1.29 is 4.74 Å². The van der Waals surface area contributed by atoms with Gasteiger partial charge in [-0.3, -0.25) is 0 Å². The molecule has 0 radical (unpaired) electrons. The predicted molar refractivity (Wildman–Crippen MR) is 111 cm³/mol. The maximum absolute atomic E-state index is 5.63. The van der Waals surface area contributed by atoms with Gasteiger partial charge in [-0.1, -0.05) is 92.4 Å². The lowest BCUT2D eigenvalue weighted by Crippen LogP contribution is -1.96. The van der Waals surface area contributed by atoms with Crippen LogP contribution in [0.5, 0.6) is 5.75 Å². The van der Waals surface area contributed by atoms with Crippen molar-refractivity contribution in [2.75, 3.05) is 6.61 Å². The quantitative estimate of drug-likeness (QED) is 0.347. The average molecular weight is 340 g/mol. The molecule has 1 heteroatoms. The molecule has 1 nitrogen and oxygen atoms in total. The minimum atomic E-state index is 0.519. The van der Waals surface area contributed by atoms with E-state index in [2.05, 4.69) is 86.3 Å². The van der Waals surface area contributed by atoms with Gasteiger partial charge >= 0.3 is 0 Å². The van der Waals surface area contributed by atoms with E-state index < -0.39 is 0 Å². The van der Waals surface area contributed by atoms with Gasteiger partial charge in [-0.05, 0) is 46.4 Å². The van der Waals surface area contributed by atoms with Gasteiger partial charge in [0.05, 0.1) is 0 Å². The lowest BCUT2D eigenvalue weighted by atomic mass is 9.88. The predicted octanol–water partition coefficient (Wildman–Crippen LogP) is 6.62. The van der Waals surface area contributed by atoms with E-state index in [0.717, 1.165) is 12.2 Å². The minimum Gasteiger partial charge on any atom is -0.490 e. The third-order valence-corrected chi connectivity index (χ3v) is 4.35. The summed E-state index contributed by atoms with van der Waals surface area (Å²) in [4.78, 5) is 0. The summed E-state index contributed by atoms with van der Waals surface area (Å²) in [5, 5.41) is 0. The second-order valence-electron chi connectivity index (χ2n) is 6.06. The van der Waals surface area contributed by atoms with Crippen LogP contribution < -0.4 is 4.74 Å². The second-order valence-corrected chi connectivity index (χ2v) is 6.06. The van der Waals surface area contributed by atoms with Crippen molar-refractivity contribution in [1.82, 2.24) is 0 Å². The molecule has 3 aromatic rings. The van der Waals surface area contributed by atoms with Crippen LogP contribution in [0.3, 0.4) is 0 Å². The van der Waals surface area contributed by atoms with Crippen LogP contribution in [0, 0.1) is 0 Å². The van der Waals surface area contributed by atoms with E-state index in [9.17, 15) is 0 Å². The Labute approximate surface area is 156 Å². The van der Waals surface area contributed by atoms with Crippen molar-refractivity contribution in [3.8, 4) is 5.75 Å². The topological polar surface area (TPSA) is 9.23 Å². The molecule has 0 saturated carbocycles. The van der Waals surface area contributed by atoms with Crippen molar-refractivity contribution in [2.24, 2.45) is 0 Å². The van der Waals surface area contributed by atoms with Gasteiger partial charge in [0.25, 0.3) is 0 Å². The van der Waals surface area contributed by atoms with Crippen molar-refractivity contribution in [2.45, 2.75) is 13.3 Å². The van der Waals surface area contributed by atoms with Crippen LogP contribution in [-0.2, 0) is 0 Å². The van der Waals surface area contributed by atoms with Crippen molar-refractivity contribution in [3.63, 3.8) is 0 Å². The number of hydrogen-bond acceptors (Lipinski definition) is 1. The molecule has 0 aliphatic heterocycles. The number of allylic oxidation sites excluding steroid dienone is 1. The van der Waals surface area contributed by atoms with Gasteiger partial charge in [-0.15, -0.1) is 0 Å². The molecule has 0 spiro atoms. The maximum atomic E-state index is 5.63. The highest BCUT2D eigenvalue weighted by atomic mass is 16.5. The number of benzene rings is 3. The zero-order valence-corrected chi connectivity index (χ0v) is 15.2. The van der Waals surface area contributed by atoms with E-state index in [1.54, 1.807) is 6.08 Å². The molecule has 3 rings (SSSR count). The molecule has 0 unspecified atom stereocenters. The molecular weight excluding hydrogens is 316 g/mol. The Morgan fingerprint density at radius 2 is 1.31 bits per heavy atom. The molecule has 0 amide bonds. The van der Waals surface area contributed by atoms with E-state index in [1.807, 2.05) is 12.1 Å². The van der Waals surface area contributed by atoms with Crippen molar-refractivity contribution >= 4 is 11.1 Å². The summed E-state index contributed by atoms with van der Waals surface area (Å²) < 4.78 is 5.63. The third-order valence-electron chi connectivity index (χ3n) is 4.35. The van der Waals surface area contributed by atoms with E-state index in [1.165, 1.54) is 27.8 Å². The first-order valence-electron chi connectivity index (χ1n) is 9.01. The summed E-state index contributed by atoms with van der Waals surface area (Å²) in [5.41, 5.74) is 6.31. The Morgan fingerprint density at radius 3 is 1.85 bits per heavy atom. The lowest BCUT2D eigenvalue weighted by molar-refractivity contribution is 0.363. The summed E-state index contributed by atoms with van der Waals surface area (Å²) in [6.45, 7) is 6.43. The highest BCUT2D eigenvalue weighted by molar-refractivity contribution is 5.98. The van der Waals surface area contributed by atoms with Crippen LogP contribution in [0.4, 0.5) is 0 Å². The molecule has 0 saturated heterocycles. The molecule has 26 heavy (non-hydrogen) atoms. The first-order valence-corrected chi connectivity index (χ1v) is 9.01. The van der Waals surface area contributed by atoms with E-state index in [4.69, 9.17) is 4.74 Å². The fourth-order valence-corrected chi connectivity index (χ4v) is 3.16. The largest absolute Gasteiger partial charge is 0.490 e. The monoisotopic (exact) mass is 340 g/mol. The van der Waals surface area contributed by atoms with Crippen LogP contribution in [-0.4, -0.2) is 6.61 Å². The lowest BCUT2D eigenvalue weighted by Gasteiger charge is -2.16. The highest BCUT2D eigenvalue weighted by Gasteiger charge is 2.12. The SMILES string of the molecule is C=CCOc1ccc(/C(=C(\CC)c2ccccc2)c2ccccc2)cc1. The summed E-state index contributed by atoms with van der Waals surface area (Å²) in [5.74, 6) is 0.860. The molecule has 0 aromatic heterocycles. The van der Waals surface area contributed by atoms with E-state index >= 15 is 0 Å². The molecular formula is C25H24O. The zero-order valence-electron chi connectivity index (χ0n) is 15.2. The molecule has 0 bridgehead atoms. The number of ether oxygens (including phenoxy) is 1. The van der Waals surface area contributed by atoms with Gasteiger partial charge in [0, 0.05) is 0 Å². The number of hydrogen-bond donors (Lipinski definition) is 0. The summed E-state index contributed by atoms with van der Waals surface area (Å²) in [7, 11) is 0. The van der Waals surface area contributed by atoms with E-state index in [0.29, 0.717) is 6.61 Å². The van der Waals surface area contributed by atoms with Gasteiger partial charge < -0.3 is 4.74 Å². The molecule has 0 aliphatic rings. The normalized spacial score (nSPS) is 11.6. The Kier molecular flexibility index (Phi) is 6.05. The Hall–Kier alpha value is -3.06. The molecule has 0 fully saturated rings. The van der Waals surface area contributed by atoms with Crippen LogP contribution in [0.2, 0.25) is 0 Å². The van der Waals surface area contributed by atoms with E-state index in [-0.39, 0.29) is 0 Å². The van der Waals surface area contributed by atoms with Gasteiger partial charge in [0.1, 0.15) is 12.4 Å². The van der Waals surface area contributed by atoms with Crippen molar-refractivity contribution in [3.05, 3.63) is 114 Å². The first kappa shape index (κ1) is 17.8. The summed E-state index contributed by atoms with van der Waals surface area (Å²) >= 11 is 0. The van der Waals surface area contributed by atoms with Gasteiger partial charge in [0.2, 0.25) is 0 Å². The fraction of sp³-hybridized carbons (Fsp3) is 0.120. The standard InChI is InChI=1S/C25H24O/c1-3-19-26-23-17-15-22(16-18-23)25(21-13-9-6-10-14-21)24(4-2)20-11-7-5-8-12-20/h3,5-18H,1,4,19H2,2H3/b25-24+. The van der Waals surface area contributed by atoms with Crippen LogP contribution >= 0.6 is 0 Å².